The normalized spacial score (nSPS) is 12.9. The lowest BCUT2D eigenvalue weighted by atomic mass is 9.68. The predicted molar refractivity (Wildman–Crippen MR) is 252 cm³/mol. The molecule has 0 fully saturated rings. The quantitative estimate of drug-likeness (QED) is 0.167. The van der Waals surface area contributed by atoms with Crippen LogP contribution in [0.4, 0.5) is 17.1 Å². The van der Waals surface area contributed by atoms with Gasteiger partial charge in [-0.3, -0.25) is 0 Å². The van der Waals surface area contributed by atoms with Gasteiger partial charge in [-0.25, -0.2) is 0 Å². The Morgan fingerprint density at radius 1 is 0.328 bits per heavy atom. The van der Waals surface area contributed by atoms with Crippen LogP contribution in [0.3, 0.4) is 0 Å². The monoisotopic (exact) mass is 777 g/mol. The maximum Gasteiger partial charge on any atom is 0.136 e. The molecule has 0 N–H and O–H groups in total. The van der Waals surface area contributed by atoms with Crippen LogP contribution in [-0.4, -0.2) is 0 Å². The number of fused-ring (bicyclic) bond motifs is 10. The van der Waals surface area contributed by atoms with Crippen LogP contribution >= 0.6 is 0 Å². The molecule has 2 aliphatic rings. The van der Waals surface area contributed by atoms with E-state index in [-0.39, 0.29) is 0 Å². The van der Waals surface area contributed by atoms with Gasteiger partial charge in [-0.15, -0.1) is 0 Å². The second kappa shape index (κ2) is 14.1. The molecule has 1 aliphatic heterocycles. The largest absolute Gasteiger partial charge is 0.456 e. The van der Waals surface area contributed by atoms with Crippen molar-refractivity contribution in [2.24, 2.45) is 0 Å². The molecule has 10 aromatic rings. The third kappa shape index (κ3) is 5.43. The third-order valence-electron chi connectivity index (χ3n) is 12.8. The molecule has 1 heterocycles. The first-order valence-electron chi connectivity index (χ1n) is 21.0. The number of nitrogens with zero attached hydrogens (tertiary/aromatic N) is 1. The van der Waals surface area contributed by atoms with Crippen molar-refractivity contribution in [1.82, 2.24) is 0 Å². The van der Waals surface area contributed by atoms with Crippen molar-refractivity contribution >= 4 is 27.8 Å². The first kappa shape index (κ1) is 35.0. The van der Waals surface area contributed by atoms with Crippen LogP contribution in [0, 0.1) is 0 Å². The van der Waals surface area contributed by atoms with E-state index in [0.29, 0.717) is 0 Å². The van der Waals surface area contributed by atoms with Crippen LogP contribution in [0.2, 0.25) is 0 Å². The zero-order valence-electron chi connectivity index (χ0n) is 33.4. The Hall–Kier alpha value is -7.94. The maximum atomic E-state index is 6.87. The molecule has 0 radical (unpaired) electrons. The van der Waals surface area contributed by atoms with Crippen LogP contribution < -0.4 is 9.64 Å². The van der Waals surface area contributed by atoms with E-state index in [2.05, 4.69) is 241 Å². The van der Waals surface area contributed by atoms with Gasteiger partial charge in [0.2, 0.25) is 0 Å². The molecule has 286 valence electrons. The summed E-state index contributed by atoms with van der Waals surface area (Å²) in [6.45, 7) is 0. The van der Waals surface area contributed by atoms with Crippen molar-refractivity contribution in [2.45, 2.75) is 5.41 Å². The van der Waals surface area contributed by atoms with Gasteiger partial charge in [0, 0.05) is 28.1 Å². The van der Waals surface area contributed by atoms with Crippen LogP contribution in [0.25, 0.3) is 55.3 Å². The van der Waals surface area contributed by atoms with Crippen LogP contribution in [0.1, 0.15) is 22.3 Å². The molecule has 0 bridgehead atoms. The molecular weight excluding hydrogens is 739 g/mol. The number of benzene rings is 10. The molecule has 0 amide bonds. The number of ether oxygens (including phenoxy) is 1. The summed E-state index contributed by atoms with van der Waals surface area (Å²) in [4.78, 5) is 2.43. The minimum absolute atomic E-state index is 0.488. The summed E-state index contributed by atoms with van der Waals surface area (Å²) >= 11 is 0. The highest BCUT2D eigenvalue weighted by molar-refractivity contribution is 6.10. The summed E-state index contributed by atoms with van der Waals surface area (Å²) in [6.07, 6.45) is 0. The van der Waals surface area contributed by atoms with Crippen molar-refractivity contribution in [3.8, 4) is 56.0 Å². The van der Waals surface area contributed by atoms with Gasteiger partial charge in [0.05, 0.1) is 11.1 Å². The summed E-state index contributed by atoms with van der Waals surface area (Å²) in [5.74, 6) is 1.69. The van der Waals surface area contributed by atoms with Crippen molar-refractivity contribution < 1.29 is 4.74 Å². The first-order valence-corrected chi connectivity index (χ1v) is 21.0. The van der Waals surface area contributed by atoms with Crippen molar-refractivity contribution in [3.05, 3.63) is 259 Å². The molecular formula is C59H39NO. The molecule has 0 saturated carbocycles. The fraction of sp³-hybridized carbons (Fsp3) is 0.0169. The fourth-order valence-electron chi connectivity index (χ4n) is 10.1. The van der Waals surface area contributed by atoms with Gasteiger partial charge >= 0.3 is 0 Å². The number of hydrogen-bond donors (Lipinski definition) is 0. The Kier molecular flexibility index (Phi) is 8.11. The van der Waals surface area contributed by atoms with E-state index in [0.717, 1.165) is 56.2 Å². The van der Waals surface area contributed by atoms with E-state index in [1.807, 2.05) is 0 Å². The Morgan fingerprint density at radius 2 is 0.869 bits per heavy atom. The number of hydrogen-bond acceptors (Lipinski definition) is 2. The lowest BCUT2D eigenvalue weighted by Gasteiger charge is -2.34. The van der Waals surface area contributed by atoms with Gasteiger partial charge in [-0.05, 0) is 103 Å². The molecule has 1 aliphatic carbocycles. The van der Waals surface area contributed by atoms with E-state index in [1.54, 1.807) is 0 Å². The molecule has 0 spiro atoms. The summed E-state index contributed by atoms with van der Waals surface area (Å²) < 4.78 is 6.87. The van der Waals surface area contributed by atoms with Crippen LogP contribution in [0.5, 0.6) is 11.5 Å². The molecule has 10 aromatic carbocycles. The molecule has 12 rings (SSSR count). The highest BCUT2D eigenvalue weighted by Crippen LogP contribution is 2.57. The highest BCUT2D eigenvalue weighted by Gasteiger charge is 2.45. The second-order valence-corrected chi connectivity index (χ2v) is 16.0. The van der Waals surface area contributed by atoms with E-state index in [9.17, 15) is 0 Å². The highest BCUT2D eigenvalue weighted by atomic mass is 16.5. The standard InChI is InChI=1S/C59H39NO/c1-3-16-40(17-4-1)41-30-35-45(36-31-41)60(54-28-15-25-51-50-24-11-14-29-55(50)61-56-39-32-42-18-7-8-21-47(42)58(56)57(51)54)46-37-33-44(34-38-46)59(43-19-5-2-6-20-43)52-26-12-9-22-48(52)49-23-10-13-27-53(49)59/h1-39H. The maximum absolute atomic E-state index is 6.87. The summed E-state index contributed by atoms with van der Waals surface area (Å²) in [5, 5.41) is 2.32. The average molecular weight is 778 g/mol. The lowest BCUT2D eigenvalue weighted by Crippen LogP contribution is -2.28. The van der Waals surface area contributed by atoms with E-state index >= 15 is 0 Å². The van der Waals surface area contributed by atoms with Gasteiger partial charge in [-0.2, -0.15) is 0 Å². The Labute approximate surface area is 356 Å². The van der Waals surface area contributed by atoms with Crippen molar-refractivity contribution in [1.29, 1.82) is 0 Å². The Balaban J connectivity index is 1.11. The number of para-hydroxylation sites is 1. The predicted octanol–water partition coefficient (Wildman–Crippen LogP) is 15.8. The zero-order valence-corrected chi connectivity index (χ0v) is 33.4. The third-order valence-corrected chi connectivity index (χ3v) is 12.8. The van der Waals surface area contributed by atoms with Crippen LogP contribution in [-0.2, 0) is 5.41 Å². The van der Waals surface area contributed by atoms with Gasteiger partial charge in [0.1, 0.15) is 11.5 Å². The molecule has 2 heteroatoms. The van der Waals surface area contributed by atoms with Crippen molar-refractivity contribution in [3.63, 3.8) is 0 Å². The zero-order chi connectivity index (χ0) is 40.3. The van der Waals surface area contributed by atoms with Gasteiger partial charge in [-0.1, -0.05) is 194 Å². The van der Waals surface area contributed by atoms with Gasteiger partial charge in [0.15, 0.2) is 0 Å². The van der Waals surface area contributed by atoms with Gasteiger partial charge < -0.3 is 9.64 Å². The molecule has 0 saturated heterocycles. The second-order valence-electron chi connectivity index (χ2n) is 16.0. The summed E-state index contributed by atoms with van der Waals surface area (Å²) in [6, 6.07) is 85.9. The fourth-order valence-corrected chi connectivity index (χ4v) is 10.1. The number of rotatable bonds is 6. The molecule has 0 unspecified atom stereocenters. The molecule has 2 nitrogen and oxygen atoms in total. The lowest BCUT2D eigenvalue weighted by molar-refractivity contribution is 0.488. The first-order chi connectivity index (χ1) is 30.3. The van der Waals surface area contributed by atoms with E-state index in [4.69, 9.17) is 4.74 Å². The Bertz CT molecular complexity index is 3210. The van der Waals surface area contributed by atoms with Gasteiger partial charge in [0.25, 0.3) is 0 Å². The Morgan fingerprint density at radius 3 is 1.59 bits per heavy atom. The number of anilines is 3. The smallest absolute Gasteiger partial charge is 0.136 e. The summed E-state index contributed by atoms with van der Waals surface area (Å²) in [5.41, 5.74) is 17.2. The van der Waals surface area contributed by atoms with Crippen molar-refractivity contribution in [2.75, 3.05) is 4.90 Å². The topological polar surface area (TPSA) is 12.5 Å². The molecule has 0 atom stereocenters. The van der Waals surface area contributed by atoms with Crippen LogP contribution in [0.15, 0.2) is 237 Å². The average Bonchev–Trinajstić information content (AvgIpc) is 3.54. The summed E-state index contributed by atoms with van der Waals surface area (Å²) in [7, 11) is 0. The SMILES string of the molecule is c1ccc(-c2ccc(N(c3ccc(C4(c5ccccc5)c5ccccc5-c5ccccc54)cc3)c3cccc4c3-c3c(ccc5ccccc35)Oc3ccccc3-4)cc2)cc1. The van der Waals surface area contributed by atoms with E-state index < -0.39 is 5.41 Å². The molecule has 61 heavy (non-hydrogen) atoms. The minimum atomic E-state index is -0.488. The van der Waals surface area contributed by atoms with E-state index in [1.165, 1.54) is 49.9 Å². The molecule has 0 aromatic heterocycles. The minimum Gasteiger partial charge on any atom is -0.456 e.